The third kappa shape index (κ3) is 4.30. The minimum Gasteiger partial charge on any atom is -0.334 e. The number of nitrogens with zero attached hydrogens (tertiary/aromatic N) is 2. The minimum absolute atomic E-state index is 0. The molecule has 0 bridgehead atoms. The van der Waals surface area contributed by atoms with Crippen LogP contribution in [-0.4, -0.2) is 34.9 Å². The number of hydrogen-bond acceptors (Lipinski definition) is 3. The average Bonchev–Trinajstić information content (AvgIpc) is 2.38. The summed E-state index contributed by atoms with van der Waals surface area (Å²) in [7, 11) is 0. The molecule has 2 rings (SSSR count). The molecule has 7 heteroatoms. The zero-order valence-electron chi connectivity index (χ0n) is 10.4. The second-order valence-electron chi connectivity index (χ2n) is 4.28. The lowest BCUT2D eigenvalue weighted by Crippen LogP contribution is -2.47. The molecule has 1 amide bonds. The van der Waals surface area contributed by atoms with Crippen LogP contribution in [-0.2, 0) is 0 Å². The topological polar surface area (TPSA) is 59.2 Å². The van der Waals surface area contributed by atoms with E-state index >= 15 is 0 Å². The molecule has 0 spiro atoms. The fourth-order valence-electron chi connectivity index (χ4n) is 2.21. The van der Waals surface area contributed by atoms with Crippen LogP contribution in [0.25, 0.3) is 0 Å². The summed E-state index contributed by atoms with van der Waals surface area (Å²) in [5.74, 6) is -0.663. The molecule has 1 aromatic rings. The predicted octanol–water partition coefficient (Wildman–Crippen LogP) is 2.02. The maximum Gasteiger partial charge on any atom is 0.255 e. The van der Waals surface area contributed by atoms with Crippen LogP contribution in [0, 0.1) is 5.82 Å². The Morgan fingerprint density at radius 1 is 1.42 bits per heavy atom. The Morgan fingerprint density at radius 3 is 2.79 bits per heavy atom. The second kappa shape index (κ2) is 8.30. The lowest BCUT2D eigenvalue weighted by atomic mass is 10.0. The first-order valence-corrected chi connectivity index (χ1v) is 5.84. The number of aromatic nitrogens is 1. The third-order valence-electron chi connectivity index (χ3n) is 3.11. The van der Waals surface area contributed by atoms with Crippen LogP contribution in [0.5, 0.6) is 0 Å². The van der Waals surface area contributed by atoms with Crippen molar-refractivity contribution in [2.24, 2.45) is 5.73 Å². The largest absolute Gasteiger partial charge is 0.334 e. The minimum atomic E-state index is -0.489. The number of carbonyl (C=O) groups is 1. The summed E-state index contributed by atoms with van der Waals surface area (Å²) < 4.78 is 13.0. The van der Waals surface area contributed by atoms with Gasteiger partial charge in [-0.05, 0) is 25.3 Å². The van der Waals surface area contributed by atoms with E-state index in [1.165, 1.54) is 12.3 Å². The smallest absolute Gasteiger partial charge is 0.255 e. The first-order chi connectivity index (χ1) is 8.22. The molecular weight excluding hydrogens is 292 g/mol. The van der Waals surface area contributed by atoms with E-state index in [-0.39, 0.29) is 36.8 Å². The molecule has 0 radical (unpaired) electrons. The predicted molar refractivity (Wildman–Crippen MR) is 76.4 cm³/mol. The van der Waals surface area contributed by atoms with Gasteiger partial charge in [0, 0.05) is 25.3 Å². The number of likely N-dealkylation sites (tertiary alicyclic amines) is 1. The van der Waals surface area contributed by atoms with Crippen LogP contribution in [0.15, 0.2) is 18.5 Å². The zero-order valence-corrected chi connectivity index (χ0v) is 12.1. The summed E-state index contributed by atoms with van der Waals surface area (Å²) in [6, 6.07) is 1.29. The van der Waals surface area contributed by atoms with Gasteiger partial charge in [0.25, 0.3) is 5.91 Å². The van der Waals surface area contributed by atoms with E-state index in [9.17, 15) is 9.18 Å². The maximum absolute atomic E-state index is 13.0. The van der Waals surface area contributed by atoms with Gasteiger partial charge in [0.2, 0.25) is 0 Å². The molecule has 1 atom stereocenters. The van der Waals surface area contributed by atoms with Gasteiger partial charge in [0.1, 0.15) is 5.82 Å². The van der Waals surface area contributed by atoms with Crippen LogP contribution in [0.4, 0.5) is 4.39 Å². The van der Waals surface area contributed by atoms with E-state index in [1.54, 1.807) is 4.90 Å². The Labute approximate surface area is 124 Å². The molecule has 19 heavy (non-hydrogen) atoms. The Kier molecular flexibility index (Phi) is 7.90. The number of hydrogen-bond donors (Lipinski definition) is 1. The Balaban J connectivity index is 0.00000162. The van der Waals surface area contributed by atoms with E-state index in [0.29, 0.717) is 18.7 Å². The number of amides is 1. The number of carbonyl (C=O) groups excluding carboxylic acids is 1. The Bertz CT molecular complexity index is 420. The number of nitrogens with two attached hydrogens (primary N) is 1. The molecule has 1 saturated heterocycles. The number of rotatable bonds is 2. The van der Waals surface area contributed by atoms with Crippen LogP contribution in [0.3, 0.4) is 0 Å². The highest BCUT2D eigenvalue weighted by Crippen LogP contribution is 2.18. The molecule has 0 aliphatic carbocycles. The molecule has 2 N–H and O–H groups in total. The molecule has 1 unspecified atom stereocenters. The zero-order chi connectivity index (χ0) is 12.3. The molecular formula is C12H18Cl2FN3O. The molecule has 1 aromatic heterocycles. The van der Waals surface area contributed by atoms with Gasteiger partial charge in [-0.2, -0.15) is 0 Å². The molecule has 4 nitrogen and oxygen atoms in total. The van der Waals surface area contributed by atoms with E-state index in [2.05, 4.69) is 4.98 Å². The lowest BCUT2D eigenvalue weighted by molar-refractivity contribution is 0.0622. The molecule has 0 saturated carbocycles. The number of halogens is 3. The lowest BCUT2D eigenvalue weighted by Gasteiger charge is -2.35. The van der Waals surface area contributed by atoms with E-state index in [1.807, 2.05) is 0 Å². The van der Waals surface area contributed by atoms with Crippen LogP contribution in [0.2, 0.25) is 0 Å². The normalized spacial score (nSPS) is 18.2. The van der Waals surface area contributed by atoms with Gasteiger partial charge in [0.15, 0.2) is 0 Å². The molecule has 0 aromatic carbocycles. The standard InChI is InChI=1S/C12H16FN3O.2ClH/c13-10-5-9(7-15-8-10)12(17)16-4-2-1-3-11(16)6-14;;/h5,7-8,11H,1-4,6,14H2;2*1H. The number of pyridine rings is 1. The van der Waals surface area contributed by atoms with Crippen molar-refractivity contribution in [3.05, 3.63) is 29.8 Å². The van der Waals surface area contributed by atoms with Crippen molar-refractivity contribution in [1.29, 1.82) is 0 Å². The van der Waals surface area contributed by atoms with Crippen molar-refractivity contribution in [1.82, 2.24) is 9.88 Å². The van der Waals surface area contributed by atoms with Gasteiger partial charge in [-0.15, -0.1) is 24.8 Å². The third-order valence-corrected chi connectivity index (χ3v) is 3.11. The highest BCUT2D eigenvalue weighted by atomic mass is 35.5. The van der Waals surface area contributed by atoms with Crippen molar-refractivity contribution in [2.45, 2.75) is 25.3 Å². The first-order valence-electron chi connectivity index (χ1n) is 5.84. The van der Waals surface area contributed by atoms with Gasteiger partial charge in [-0.25, -0.2) is 4.39 Å². The van der Waals surface area contributed by atoms with E-state index in [4.69, 9.17) is 5.73 Å². The highest BCUT2D eigenvalue weighted by Gasteiger charge is 2.26. The van der Waals surface area contributed by atoms with E-state index < -0.39 is 5.82 Å². The maximum atomic E-state index is 13.0. The summed E-state index contributed by atoms with van der Waals surface area (Å²) in [6.07, 6.45) is 5.48. The fourth-order valence-corrected chi connectivity index (χ4v) is 2.21. The molecule has 1 aliphatic heterocycles. The van der Waals surface area contributed by atoms with Gasteiger partial charge >= 0.3 is 0 Å². The highest BCUT2D eigenvalue weighted by molar-refractivity contribution is 5.94. The molecule has 1 fully saturated rings. The van der Waals surface area contributed by atoms with Crippen LogP contribution >= 0.6 is 24.8 Å². The monoisotopic (exact) mass is 309 g/mol. The second-order valence-corrected chi connectivity index (χ2v) is 4.28. The summed E-state index contributed by atoms with van der Waals surface area (Å²) in [6.45, 7) is 1.14. The van der Waals surface area contributed by atoms with Crippen molar-refractivity contribution in [3.8, 4) is 0 Å². The van der Waals surface area contributed by atoms with Crippen molar-refractivity contribution in [2.75, 3.05) is 13.1 Å². The summed E-state index contributed by atoms with van der Waals surface area (Å²) in [4.78, 5) is 17.6. The van der Waals surface area contributed by atoms with Crippen molar-refractivity contribution in [3.63, 3.8) is 0 Å². The van der Waals surface area contributed by atoms with Crippen molar-refractivity contribution < 1.29 is 9.18 Å². The first kappa shape index (κ1) is 18.1. The summed E-state index contributed by atoms with van der Waals surface area (Å²) >= 11 is 0. The summed E-state index contributed by atoms with van der Waals surface area (Å²) in [5.41, 5.74) is 5.95. The molecule has 1 aliphatic rings. The van der Waals surface area contributed by atoms with Crippen LogP contribution < -0.4 is 5.73 Å². The quantitative estimate of drug-likeness (QED) is 0.909. The Hall–Kier alpha value is -0.910. The van der Waals surface area contributed by atoms with Gasteiger partial charge in [0.05, 0.1) is 11.8 Å². The van der Waals surface area contributed by atoms with Gasteiger partial charge < -0.3 is 10.6 Å². The SMILES string of the molecule is Cl.Cl.NCC1CCCCN1C(=O)c1cncc(F)c1. The van der Waals surface area contributed by atoms with Crippen LogP contribution in [0.1, 0.15) is 29.6 Å². The fraction of sp³-hybridized carbons (Fsp3) is 0.500. The number of piperidine rings is 1. The molecule has 108 valence electrons. The van der Waals surface area contributed by atoms with Gasteiger partial charge in [-0.1, -0.05) is 0 Å². The Morgan fingerprint density at radius 2 is 2.16 bits per heavy atom. The summed E-state index contributed by atoms with van der Waals surface area (Å²) in [5, 5.41) is 0. The van der Waals surface area contributed by atoms with E-state index in [0.717, 1.165) is 25.5 Å². The average molecular weight is 310 g/mol. The van der Waals surface area contributed by atoms with Crippen molar-refractivity contribution >= 4 is 30.7 Å². The molecule has 2 heterocycles. The van der Waals surface area contributed by atoms with Gasteiger partial charge in [-0.3, -0.25) is 9.78 Å².